The van der Waals surface area contributed by atoms with E-state index in [0.717, 1.165) is 19.1 Å². The maximum atomic E-state index is 3.81. The predicted molar refractivity (Wildman–Crippen MR) is 97.8 cm³/mol. The first kappa shape index (κ1) is 17.4. The highest BCUT2D eigenvalue weighted by atomic mass is 35.5. The van der Waals surface area contributed by atoms with E-state index < -0.39 is 0 Å². The standard InChI is InChI=1S/C19H28N2.ClH/c1-2-13-21-15-16(18-11-7-8-12-19(18)21)14-20-17-9-5-3-4-6-10-17;/h7-8,11-12,15,17,20H,2-6,9-10,13-14H2,1H3;1H. The molecule has 3 rings (SSSR count). The highest BCUT2D eigenvalue weighted by molar-refractivity contribution is 5.85. The van der Waals surface area contributed by atoms with Crippen LogP contribution in [0, 0.1) is 0 Å². The average molecular weight is 321 g/mol. The number of halogens is 1. The molecular formula is C19H29ClN2. The molecule has 1 fully saturated rings. The summed E-state index contributed by atoms with van der Waals surface area (Å²) in [5, 5.41) is 5.24. The van der Waals surface area contributed by atoms with Gasteiger partial charge in [-0.1, -0.05) is 50.8 Å². The van der Waals surface area contributed by atoms with Crippen molar-refractivity contribution in [3.05, 3.63) is 36.0 Å². The number of rotatable bonds is 5. The zero-order valence-electron chi connectivity index (χ0n) is 13.7. The van der Waals surface area contributed by atoms with Crippen LogP contribution in [0.5, 0.6) is 0 Å². The van der Waals surface area contributed by atoms with Crippen LogP contribution in [0.15, 0.2) is 30.5 Å². The van der Waals surface area contributed by atoms with Crippen LogP contribution in [0.4, 0.5) is 0 Å². The number of aryl methyl sites for hydroxylation is 1. The topological polar surface area (TPSA) is 17.0 Å². The Morgan fingerprint density at radius 1 is 1.09 bits per heavy atom. The molecule has 22 heavy (non-hydrogen) atoms. The fraction of sp³-hybridized carbons (Fsp3) is 0.579. The molecule has 0 amide bonds. The SMILES string of the molecule is CCCn1cc(CNC2CCCCCC2)c2ccccc21.Cl. The van der Waals surface area contributed by atoms with Crippen molar-refractivity contribution in [3.63, 3.8) is 0 Å². The van der Waals surface area contributed by atoms with Crippen molar-refractivity contribution in [2.45, 2.75) is 71.0 Å². The van der Waals surface area contributed by atoms with Gasteiger partial charge in [0, 0.05) is 36.2 Å². The van der Waals surface area contributed by atoms with E-state index in [1.165, 1.54) is 61.4 Å². The summed E-state index contributed by atoms with van der Waals surface area (Å²) in [7, 11) is 0. The number of nitrogens with one attached hydrogen (secondary N) is 1. The number of para-hydroxylation sites is 1. The van der Waals surface area contributed by atoms with Crippen LogP contribution < -0.4 is 5.32 Å². The quantitative estimate of drug-likeness (QED) is 0.741. The summed E-state index contributed by atoms with van der Waals surface area (Å²) < 4.78 is 2.42. The maximum Gasteiger partial charge on any atom is 0.0483 e. The van der Waals surface area contributed by atoms with Crippen LogP contribution >= 0.6 is 12.4 Å². The summed E-state index contributed by atoms with van der Waals surface area (Å²) in [6, 6.07) is 9.55. The molecule has 1 N–H and O–H groups in total. The molecule has 1 aromatic carbocycles. The van der Waals surface area contributed by atoms with Crippen LogP contribution in [0.1, 0.15) is 57.4 Å². The molecule has 0 atom stereocenters. The van der Waals surface area contributed by atoms with Crippen LogP contribution in [0.3, 0.4) is 0 Å². The molecule has 1 heterocycles. The number of hydrogen-bond donors (Lipinski definition) is 1. The fourth-order valence-electron chi connectivity index (χ4n) is 3.63. The lowest BCUT2D eigenvalue weighted by atomic mass is 10.1. The molecule has 0 saturated heterocycles. The summed E-state index contributed by atoms with van der Waals surface area (Å²) in [6.45, 7) is 4.38. The van der Waals surface area contributed by atoms with Crippen molar-refractivity contribution in [2.75, 3.05) is 0 Å². The molecule has 0 bridgehead atoms. The zero-order chi connectivity index (χ0) is 14.5. The summed E-state index contributed by atoms with van der Waals surface area (Å²) in [5.41, 5.74) is 2.85. The largest absolute Gasteiger partial charge is 0.347 e. The van der Waals surface area contributed by atoms with E-state index in [1.807, 2.05) is 0 Å². The second-order valence-electron chi connectivity index (χ2n) is 6.43. The van der Waals surface area contributed by atoms with Crippen molar-refractivity contribution < 1.29 is 0 Å². The minimum atomic E-state index is 0. The molecule has 3 heteroatoms. The minimum absolute atomic E-state index is 0. The molecule has 2 aromatic rings. The van der Waals surface area contributed by atoms with Crippen LogP contribution in [-0.4, -0.2) is 10.6 Å². The van der Waals surface area contributed by atoms with Gasteiger partial charge in [-0.05, 0) is 30.9 Å². The van der Waals surface area contributed by atoms with Crippen molar-refractivity contribution in [1.29, 1.82) is 0 Å². The maximum absolute atomic E-state index is 3.81. The molecule has 2 nitrogen and oxygen atoms in total. The third kappa shape index (κ3) is 4.05. The lowest BCUT2D eigenvalue weighted by Crippen LogP contribution is -2.27. The van der Waals surface area contributed by atoms with Crippen molar-refractivity contribution in [3.8, 4) is 0 Å². The highest BCUT2D eigenvalue weighted by Crippen LogP contribution is 2.23. The molecule has 0 aliphatic heterocycles. The number of aromatic nitrogens is 1. The van der Waals surface area contributed by atoms with E-state index >= 15 is 0 Å². The predicted octanol–water partition coefficient (Wildman–Crippen LogP) is 5.29. The smallest absolute Gasteiger partial charge is 0.0483 e. The van der Waals surface area contributed by atoms with Gasteiger partial charge in [0.2, 0.25) is 0 Å². The third-order valence-electron chi connectivity index (χ3n) is 4.77. The second kappa shape index (κ2) is 8.59. The minimum Gasteiger partial charge on any atom is -0.347 e. The highest BCUT2D eigenvalue weighted by Gasteiger charge is 2.13. The number of benzene rings is 1. The Hall–Kier alpha value is -0.990. The Balaban J connectivity index is 0.00000176. The van der Waals surface area contributed by atoms with Gasteiger partial charge in [0.15, 0.2) is 0 Å². The Kier molecular flexibility index (Phi) is 6.78. The van der Waals surface area contributed by atoms with E-state index in [1.54, 1.807) is 0 Å². The van der Waals surface area contributed by atoms with Crippen LogP contribution in [-0.2, 0) is 13.1 Å². The first-order valence-electron chi connectivity index (χ1n) is 8.68. The van der Waals surface area contributed by atoms with Gasteiger partial charge in [-0.15, -0.1) is 12.4 Å². The summed E-state index contributed by atoms with van der Waals surface area (Å²) in [5.74, 6) is 0. The summed E-state index contributed by atoms with van der Waals surface area (Å²) in [6.07, 6.45) is 11.9. The van der Waals surface area contributed by atoms with Crippen molar-refractivity contribution in [1.82, 2.24) is 9.88 Å². The summed E-state index contributed by atoms with van der Waals surface area (Å²) >= 11 is 0. The van der Waals surface area contributed by atoms with Crippen LogP contribution in [0.25, 0.3) is 10.9 Å². The van der Waals surface area contributed by atoms with E-state index in [2.05, 4.69) is 47.3 Å². The van der Waals surface area contributed by atoms with Gasteiger partial charge in [0.25, 0.3) is 0 Å². The Bertz CT molecular complexity index is 568. The van der Waals surface area contributed by atoms with E-state index in [0.29, 0.717) is 0 Å². The molecule has 1 aromatic heterocycles. The zero-order valence-corrected chi connectivity index (χ0v) is 14.5. The van der Waals surface area contributed by atoms with E-state index in [-0.39, 0.29) is 12.4 Å². The van der Waals surface area contributed by atoms with Crippen molar-refractivity contribution in [2.24, 2.45) is 0 Å². The van der Waals surface area contributed by atoms with Gasteiger partial charge >= 0.3 is 0 Å². The molecular weight excluding hydrogens is 292 g/mol. The average Bonchev–Trinajstić information content (AvgIpc) is 2.69. The van der Waals surface area contributed by atoms with Gasteiger partial charge in [-0.3, -0.25) is 0 Å². The van der Waals surface area contributed by atoms with E-state index in [4.69, 9.17) is 0 Å². The lowest BCUT2D eigenvalue weighted by Gasteiger charge is -2.15. The summed E-state index contributed by atoms with van der Waals surface area (Å²) in [4.78, 5) is 0. The Morgan fingerprint density at radius 2 is 1.82 bits per heavy atom. The number of nitrogens with zero attached hydrogens (tertiary/aromatic N) is 1. The molecule has 0 radical (unpaired) electrons. The van der Waals surface area contributed by atoms with Gasteiger partial charge in [0.1, 0.15) is 0 Å². The van der Waals surface area contributed by atoms with Crippen molar-refractivity contribution >= 4 is 23.3 Å². The first-order valence-corrected chi connectivity index (χ1v) is 8.68. The van der Waals surface area contributed by atoms with Gasteiger partial charge in [-0.2, -0.15) is 0 Å². The van der Waals surface area contributed by atoms with Crippen LogP contribution in [0.2, 0.25) is 0 Å². The van der Waals surface area contributed by atoms with Gasteiger partial charge in [-0.25, -0.2) is 0 Å². The molecule has 1 aliphatic rings. The third-order valence-corrected chi connectivity index (χ3v) is 4.77. The lowest BCUT2D eigenvalue weighted by molar-refractivity contribution is 0.459. The Labute approximate surface area is 140 Å². The first-order chi connectivity index (χ1) is 10.4. The molecule has 0 spiro atoms. The fourth-order valence-corrected chi connectivity index (χ4v) is 3.63. The Morgan fingerprint density at radius 3 is 2.55 bits per heavy atom. The molecule has 1 aliphatic carbocycles. The molecule has 1 saturated carbocycles. The number of hydrogen-bond acceptors (Lipinski definition) is 1. The number of fused-ring (bicyclic) bond motifs is 1. The van der Waals surface area contributed by atoms with E-state index in [9.17, 15) is 0 Å². The monoisotopic (exact) mass is 320 g/mol. The molecule has 0 unspecified atom stereocenters. The second-order valence-corrected chi connectivity index (χ2v) is 6.43. The van der Waals surface area contributed by atoms with Gasteiger partial charge in [0.05, 0.1) is 0 Å². The van der Waals surface area contributed by atoms with Gasteiger partial charge < -0.3 is 9.88 Å². The normalized spacial score (nSPS) is 16.4. The molecule has 122 valence electrons.